The molecule has 1 aromatic heterocycles. The first-order valence-electron chi connectivity index (χ1n) is 16.9. The molecule has 0 bridgehead atoms. The van der Waals surface area contributed by atoms with E-state index >= 15 is 0 Å². The molecule has 6 amide bonds. The number of H-pyrrole nitrogens is 1. The number of likely N-dealkylation sites (tertiary alicyclic amines) is 1. The van der Waals surface area contributed by atoms with Gasteiger partial charge in [-0.25, -0.2) is 9.78 Å². The number of carbonyl (C=O) groups is 7. The number of aliphatic hydroxyl groups is 1. The van der Waals surface area contributed by atoms with Crippen molar-refractivity contribution in [3.05, 3.63) is 18.2 Å². The number of aliphatic imine (C=N–C) groups is 1. The van der Waals surface area contributed by atoms with Crippen molar-refractivity contribution in [1.29, 1.82) is 0 Å². The van der Waals surface area contributed by atoms with Crippen molar-refractivity contribution in [3.8, 4) is 0 Å². The Bertz CT molecular complexity index is 1420. The molecule has 0 aromatic carbocycles. The predicted octanol–water partition coefficient (Wildman–Crippen LogP) is -4.48. The van der Waals surface area contributed by atoms with Gasteiger partial charge in [-0.1, -0.05) is 13.8 Å². The Kier molecular flexibility index (Phi) is 17.4. The smallest absolute Gasteiger partial charge is 0.326 e. The number of aromatic amines is 1. The first kappa shape index (κ1) is 42.9. The number of aliphatic carboxylic acids is 1. The number of hydrogen-bond acceptors (Lipinski definition) is 11. The van der Waals surface area contributed by atoms with Crippen molar-refractivity contribution in [3.63, 3.8) is 0 Å². The molecular weight excluding hydrogens is 684 g/mol. The number of nitrogens with zero attached hydrogens (tertiary/aromatic N) is 3. The van der Waals surface area contributed by atoms with Crippen LogP contribution in [-0.2, 0) is 40.0 Å². The fraction of sp³-hybridized carbons (Fsp3) is 0.645. The van der Waals surface area contributed by atoms with E-state index in [1.54, 1.807) is 13.8 Å². The van der Waals surface area contributed by atoms with Crippen LogP contribution in [-0.4, -0.2) is 135 Å². The second-order valence-electron chi connectivity index (χ2n) is 12.9. The topological polar surface area (TPSA) is 342 Å². The number of amides is 6. The number of guanidine groups is 1. The molecule has 0 spiro atoms. The van der Waals surface area contributed by atoms with Gasteiger partial charge in [0.05, 0.1) is 25.5 Å². The number of hydrogen-bond donors (Lipinski definition) is 11. The molecule has 1 aliphatic rings. The van der Waals surface area contributed by atoms with Crippen molar-refractivity contribution in [2.45, 2.75) is 95.5 Å². The summed E-state index contributed by atoms with van der Waals surface area (Å²) in [7, 11) is 0. The molecule has 0 unspecified atom stereocenters. The van der Waals surface area contributed by atoms with Crippen LogP contribution >= 0.6 is 0 Å². The van der Waals surface area contributed by atoms with Crippen LogP contribution in [0.25, 0.3) is 0 Å². The van der Waals surface area contributed by atoms with E-state index in [1.807, 2.05) is 0 Å². The number of rotatable bonds is 21. The van der Waals surface area contributed by atoms with Crippen LogP contribution in [0, 0.1) is 5.92 Å². The van der Waals surface area contributed by atoms with Crippen LogP contribution in [0.1, 0.15) is 58.6 Å². The number of nitrogens with one attached hydrogen (secondary N) is 6. The molecule has 1 aliphatic heterocycles. The molecule has 1 saturated heterocycles. The van der Waals surface area contributed by atoms with Crippen molar-refractivity contribution in [2.24, 2.45) is 28.1 Å². The Morgan fingerprint density at radius 3 is 2.23 bits per heavy atom. The average molecular weight is 737 g/mol. The summed E-state index contributed by atoms with van der Waals surface area (Å²) < 4.78 is 0. The quantitative estimate of drug-likeness (QED) is 0.0323. The zero-order chi connectivity index (χ0) is 39.0. The molecule has 6 atom stereocenters. The van der Waals surface area contributed by atoms with Gasteiger partial charge in [0.25, 0.3) is 0 Å². The molecule has 0 radical (unpaired) electrons. The van der Waals surface area contributed by atoms with Gasteiger partial charge in [-0.2, -0.15) is 0 Å². The molecule has 14 N–H and O–H groups in total. The Balaban J connectivity index is 2.01. The van der Waals surface area contributed by atoms with Gasteiger partial charge < -0.3 is 63.9 Å². The Morgan fingerprint density at radius 2 is 1.63 bits per heavy atom. The number of aromatic nitrogens is 2. The van der Waals surface area contributed by atoms with Crippen molar-refractivity contribution < 1.29 is 43.8 Å². The summed E-state index contributed by atoms with van der Waals surface area (Å²) in [6.45, 7) is 4.19. The van der Waals surface area contributed by atoms with E-state index in [0.29, 0.717) is 31.5 Å². The van der Waals surface area contributed by atoms with Gasteiger partial charge in [0.1, 0.15) is 30.2 Å². The molecule has 1 aromatic rings. The Morgan fingerprint density at radius 1 is 0.981 bits per heavy atom. The molecule has 1 fully saturated rings. The van der Waals surface area contributed by atoms with Crippen molar-refractivity contribution >= 4 is 47.4 Å². The molecule has 0 aliphatic carbocycles. The fourth-order valence-corrected chi connectivity index (χ4v) is 5.31. The number of carboxylic acids is 1. The maximum atomic E-state index is 13.3. The molecule has 2 rings (SSSR count). The van der Waals surface area contributed by atoms with E-state index in [4.69, 9.17) is 17.2 Å². The summed E-state index contributed by atoms with van der Waals surface area (Å²) in [5.74, 6) is -5.73. The summed E-state index contributed by atoms with van der Waals surface area (Å²) in [4.78, 5) is 101. The standard InChI is InChI=1S/C31H52N12O9/c1-16(2)10-21(30(51)52)41-28(49)22(14-44)42-27(48)20(11-18-12-35-15-38-18)40-25(46)17(3)39-29(50)23-7-5-9-43(23)24(45)13-37-26(47)19(32)6-4-8-36-31(33)34/h12,15-17,19-23,44H,4-11,13-14,32H2,1-3H3,(H,35,38)(H,37,47)(H,39,50)(H,40,46)(H,41,49)(H,42,48)(H,51,52)(H4,33,34,36)/t17-,19-,20-,21-,22-,23-/m0/s1. The van der Waals surface area contributed by atoms with Crippen LogP contribution in [0.2, 0.25) is 0 Å². The first-order chi connectivity index (χ1) is 24.5. The van der Waals surface area contributed by atoms with E-state index in [0.717, 1.165) is 0 Å². The number of nitrogens with two attached hydrogens (primary N) is 3. The number of carbonyl (C=O) groups excluding carboxylic acids is 6. The molecule has 52 heavy (non-hydrogen) atoms. The van der Waals surface area contributed by atoms with Crippen molar-refractivity contribution in [2.75, 3.05) is 26.2 Å². The van der Waals surface area contributed by atoms with E-state index in [1.165, 1.54) is 24.3 Å². The van der Waals surface area contributed by atoms with E-state index in [-0.39, 0.29) is 37.7 Å². The average Bonchev–Trinajstić information content (AvgIpc) is 3.79. The summed E-state index contributed by atoms with van der Waals surface area (Å²) in [6, 6.07) is -7.14. The number of imidazole rings is 1. The van der Waals surface area contributed by atoms with Gasteiger partial charge >= 0.3 is 5.97 Å². The molecule has 21 heteroatoms. The minimum atomic E-state index is -1.54. The third-order valence-corrected chi connectivity index (χ3v) is 8.10. The third-order valence-electron chi connectivity index (χ3n) is 8.10. The molecule has 2 heterocycles. The molecular formula is C31H52N12O9. The highest BCUT2D eigenvalue weighted by Gasteiger charge is 2.36. The number of aliphatic hydroxyl groups excluding tert-OH is 1. The Labute approximate surface area is 300 Å². The molecule has 290 valence electrons. The van der Waals surface area contributed by atoms with E-state index < -0.39 is 90.8 Å². The van der Waals surface area contributed by atoms with Gasteiger partial charge in [-0.05, 0) is 44.9 Å². The summed E-state index contributed by atoms with van der Waals surface area (Å²) in [5.41, 5.74) is 16.9. The molecule has 0 saturated carbocycles. The summed E-state index contributed by atoms with van der Waals surface area (Å²) >= 11 is 0. The lowest BCUT2D eigenvalue weighted by molar-refractivity contribution is -0.143. The minimum Gasteiger partial charge on any atom is -0.480 e. The van der Waals surface area contributed by atoms with E-state index in [2.05, 4.69) is 41.5 Å². The van der Waals surface area contributed by atoms with Gasteiger partial charge in [0.15, 0.2) is 5.96 Å². The predicted molar refractivity (Wildman–Crippen MR) is 185 cm³/mol. The lowest BCUT2D eigenvalue weighted by Gasteiger charge is -2.27. The van der Waals surface area contributed by atoms with Crippen LogP contribution < -0.4 is 43.8 Å². The summed E-state index contributed by atoms with van der Waals surface area (Å²) in [5, 5.41) is 31.5. The normalized spacial score (nSPS) is 16.8. The zero-order valence-electron chi connectivity index (χ0n) is 29.6. The zero-order valence-corrected chi connectivity index (χ0v) is 29.6. The fourth-order valence-electron chi connectivity index (χ4n) is 5.31. The van der Waals surface area contributed by atoms with Crippen LogP contribution in [0.15, 0.2) is 17.5 Å². The van der Waals surface area contributed by atoms with Crippen LogP contribution in [0.5, 0.6) is 0 Å². The van der Waals surface area contributed by atoms with Gasteiger partial charge in [0, 0.05) is 31.4 Å². The lowest BCUT2D eigenvalue weighted by Crippen LogP contribution is -2.59. The minimum absolute atomic E-state index is 0.0747. The highest BCUT2D eigenvalue weighted by Crippen LogP contribution is 2.18. The SMILES string of the molecule is CC(C)C[C@H](NC(=O)[C@H](CO)NC(=O)[C@H](Cc1cnc[nH]1)NC(=O)[C@H](C)NC(=O)[C@@H]1CCCN1C(=O)CNC(=O)[C@@H](N)CCCN=C(N)N)C(=O)O. The first-order valence-corrected chi connectivity index (χ1v) is 16.9. The summed E-state index contributed by atoms with van der Waals surface area (Å²) in [6.07, 6.45) is 4.27. The van der Waals surface area contributed by atoms with Crippen LogP contribution in [0.4, 0.5) is 0 Å². The van der Waals surface area contributed by atoms with Gasteiger partial charge in [-0.15, -0.1) is 0 Å². The van der Waals surface area contributed by atoms with Crippen molar-refractivity contribution in [1.82, 2.24) is 41.5 Å². The second kappa shape index (κ2) is 21.1. The second-order valence-corrected chi connectivity index (χ2v) is 12.9. The third kappa shape index (κ3) is 14.1. The largest absolute Gasteiger partial charge is 0.480 e. The van der Waals surface area contributed by atoms with E-state index in [9.17, 15) is 43.8 Å². The number of carboxylic acid groups (broad SMARTS) is 1. The maximum Gasteiger partial charge on any atom is 0.326 e. The monoisotopic (exact) mass is 736 g/mol. The van der Waals surface area contributed by atoms with Crippen LogP contribution in [0.3, 0.4) is 0 Å². The highest BCUT2D eigenvalue weighted by atomic mass is 16.4. The Hall–Kier alpha value is -5.31. The lowest BCUT2D eigenvalue weighted by atomic mass is 10.0. The maximum absolute atomic E-state index is 13.3. The molecule has 21 nitrogen and oxygen atoms in total. The highest BCUT2D eigenvalue weighted by molar-refractivity contribution is 5.96. The van der Waals surface area contributed by atoms with Gasteiger partial charge in [-0.3, -0.25) is 33.8 Å². The van der Waals surface area contributed by atoms with Gasteiger partial charge in [0.2, 0.25) is 35.4 Å².